The molecule has 4 atom stereocenters. The minimum atomic E-state index is -0.620. The summed E-state index contributed by atoms with van der Waals surface area (Å²) in [5, 5.41) is 0. The predicted molar refractivity (Wildman–Crippen MR) is 78.5 cm³/mol. The van der Waals surface area contributed by atoms with Gasteiger partial charge in [-0.3, -0.25) is 0 Å². The minimum Gasteiger partial charge on any atom is -0.368 e. The summed E-state index contributed by atoms with van der Waals surface area (Å²) in [6, 6.07) is 10.1. The Hall–Kier alpha value is -1.20. The maximum atomic E-state index is 6.08. The third kappa shape index (κ3) is 3.19. The SMILES string of the molecule is CC=C[C@H]1O[C@@H]2OC(C)(C)O[C@@H]2[C@H]1OCc1ccccc1. The fraction of sp³-hybridized carbons (Fsp3) is 0.529. The maximum Gasteiger partial charge on any atom is 0.190 e. The van der Waals surface area contributed by atoms with E-state index in [1.807, 2.05) is 63.3 Å². The molecule has 4 nitrogen and oxygen atoms in total. The Morgan fingerprint density at radius 2 is 1.95 bits per heavy atom. The van der Waals surface area contributed by atoms with E-state index in [0.29, 0.717) is 6.61 Å². The van der Waals surface area contributed by atoms with Crippen LogP contribution in [0.3, 0.4) is 0 Å². The maximum absolute atomic E-state index is 6.08. The largest absolute Gasteiger partial charge is 0.368 e. The van der Waals surface area contributed by atoms with Crippen molar-refractivity contribution in [1.82, 2.24) is 0 Å². The highest BCUT2D eigenvalue weighted by Crippen LogP contribution is 2.39. The molecule has 21 heavy (non-hydrogen) atoms. The van der Waals surface area contributed by atoms with E-state index >= 15 is 0 Å². The number of hydrogen-bond donors (Lipinski definition) is 0. The Morgan fingerprint density at radius 1 is 1.19 bits per heavy atom. The summed E-state index contributed by atoms with van der Waals surface area (Å²) in [7, 11) is 0. The van der Waals surface area contributed by atoms with Crippen LogP contribution in [0.25, 0.3) is 0 Å². The second-order valence-electron chi connectivity index (χ2n) is 5.86. The van der Waals surface area contributed by atoms with Gasteiger partial charge < -0.3 is 18.9 Å². The normalized spacial score (nSPS) is 34.4. The minimum absolute atomic E-state index is 0.134. The highest BCUT2D eigenvalue weighted by atomic mass is 16.8. The lowest BCUT2D eigenvalue weighted by molar-refractivity contribution is -0.213. The van der Waals surface area contributed by atoms with E-state index in [4.69, 9.17) is 18.9 Å². The fourth-order valence-corrected chi connectivity index (χ4v) is 2.81. The number of hydrogen-bond acceptors (Lipinski definition) is 4. The van der Waals surface area contributed by atoms with Crippen LogP contribution >= 0.6 is 0 Å². The first-order valence-electron chi connectivity index (χ1n) is 7.38. The molecule has 2 aliphatic rings. The second-order valence-corrected chi connectivity index (χ2v) is 5.86. The molecule has 0 bridgehead atoms. The molecule has 2 aliphatic heterocycles. The van der Waals surface area contributed by atoms with Gasteiger partial charge in [-0.1, -0.05) is 42.5 Å². The predicted octanol–water partition coefficient (Wildman–Crippen LogP) is 3.02. The highest BCUT2D eigenvalue weighted by molar-refractivity contribution is 5.14. The molecule has 114 valence electrons. The van der Waals surface area contributed by atoms with E-state index in [2.05, 4.69) is 0 Å². The van der Waals surface area contributed by atoms with Gasteiger partial charge in [-0.05, 0) is 26.3 Å². The van der Waals surface area contributed by atoms with Crippen molar-refractivity contribution in [3.63, 3.8) is 0 Å². The summed E-state index contributed by atoms with van der Waals surface area (Å²) < 4.78 is 23.7. The highest BCUT2D eigenvalue weighted by Gasteiger charge is 2.54. The Bertz CT molecular complexity index is 497. The van der Waals surface area contributed by atoms with E-state index in [9.17, 15) is 0 Å². The van der Waals surface area contributed by atoms with Gasteiger partial charge in [0, 0.05) is 0 Å². The van der Waals surface area contributed by atoms with Crippen molar-refractivity contribution in [3.05, 3.63) is 48.0 Å². The van der Waals surface area contributed by atoms with Crippen LogP contribution in [-0.2, 0) is 25.6 Å². The first kappa shape index (κ1) is 14.7. The van der Waals surface area contributed by atoms with Crippen LogP contribution in [0.5, 0.6) is 0 Å². The van der Waals surface area contributed by atoms with Crippen molar-refractivity contribution in [3.8, 4) is 0 Å². The Morgan fingerprint density at radius 3 is 2.67 bits per heavy atom. The first-order chi connectivity index (χ1) is 10.1. The summed E-state index contributed by atoms with van der Waals surface area (Å²) in [6.07, 6.45) is 3.12. The van der Waals surface area contributed by atoms with Crippen LogP contribution in [0.2, 0.25) is 0 Å². The molecule has 2 fully saturated rings. The average molecular weight is 290 g/mol. The van der Waals surface area contributed by atoms with E-state index in [-0.39, 0.29) is 24.6 Å². The molecule has 0 aromatic heterocycles. The molecule has 0 aliphatic carbocycles. The summed E-state index contributed by atoms with van der Waals surface area (Å²) >= 11 is 0. The van der Waals surface area contributed by atoms with Crippen LogP contribution in [0.15, 0.2) is 42.5 Å². The van der Waals surface area contributed by atoms with Gasteiger partial charge in [0.2, 0.25) is 0 Å². The van der Waals surface area contributed by atoms with Gasteiger partial charge >= 0.3 is 0 Å². The number of fused-ring (bicyclic) bond motifs is 1. The molecule has 2 heterocycles. The van der Waals surface area contributed by atoms with Crippen LogP contribution < -0.4 is 0 Å². The summed E-state index contributed by atoms with van der Waals surface area (Å²) in [5.74, 6) is -0.620. The quantitative estimate of drug-likeness (QED) is 0.799. The molecule has 0 spiro atoms. The number of allylic oxidation sites excluding steroid dienone is 1. The molecule has 0 saturated carbocycles. The molecule has 1 aromatic carbocycles. The van der Waals surface area contributed by atoms with Crippen molar-refractivity contribution in [2.45, 2.75) is 57.8 Å². The molecule has 0 amide bonds. The number of rotatable bonds is 4. The summed E-state index contributed by atoms with van der Waals surface area (Å²) in [6.45, 7) is 6.30. The van der Waals surface area contributed by atoms with E-state index in [0.717, 1.165) is 5.56 Å². The van der Waals surface area contributed by atoms with E-state index < -0.39 is 5.79 Å². The smallest absolute Gasteiger partial charge is 0.190 e. The average Bonchev–Trinajstić information content (AvgIpc) is 2.90. The molecule has 3 rings (SSSR count). The molecule has 1 aromatic rings. The van der Waals surface area contributed by atoms with Gasteiger partial charge in [0.1, 0.15) is 18.3 Å². The third-order valence-corrected chi connectivity index (χ3v) is 3.69. The summed E-state index contributed by atoms with van der Waals surface area (Å²) in [5.41, 5.74) is 1.14. The molecular formula is C17H22O4. The number of ether oxygens (including phenoxy) is 4. The number of benzene rings is 1. The Kier molecular flexibility index (Phi) is 4.13. The monoisotopic (exact) mass is 290 g/mol. The second kappa shape index (κ2) is 5.89. The van der Waals surface area contributed by atoms with E-state index in [1.165, 1.54) is 0 Å². The Labute approximate surface area is 125 Å². The van der Waals surface area contributed by atoms with Crippen LogP contribution in [-0.4, -0.2) is 30.4 Å². The van der Waals surface area contributed by atoms with Crippen molar-refractivity contribution >= 4 is 0 Å². The molecular weight excluding hydrogens is 268 g/mol. The van der Waals surface area contributed by atoms with Crippen LogP contribution in [0, 0.1) is 0 Å². The third-order valence-electron chi connectivity index (χ3n) is 3.69. The van der Waals surface area contributed by atoms with Crippen molar-refractivity contribution in [1.29, 1.82) is 0 Å². The van der Waals surface area contributed by atoms with Crippen molar-refractivity contribution in [2.75, 3.05) is 0 Å². The van der Waals surface area contributed by atoms with Gasteiger partial charge in [0.15, 0.2) is 12.1 Å². The van der Waals surface area contributed by atoms with Crippen molar-refractivity contribution < 1.29 is 18.9 Å². The zero-order valence-electron chi connectivity index (χ0n) is 12.7. The lowest BCUT2D eigenvalue weighted by Crippen LogP contribution is -2.36. The molecule has 4 heteroatoms. The fourth-order valence-electron chi connectivity index (χ4n) is 2.81. The standard InChI is InChI=1S/C17H22O4/c1-4-8-13-14(18-11-12-9-6-5-7-10-12)15-16(19-13)21-17(2,3)20-15/h4-10,13-16H,11H2,1-3H3/t13-,14+,15-,16-/m1/s1. The topological polar surface area (TPSA) is 36.9 Å². The lowest BCUT2D eigenvalue weighted by atomic mass is 10.1. The molecule has 0 radical (unpaired) electrons. The molecule has 0 unspecified atom stereocenters. The van der Waals surface area contributed by atoms with Gasteiger partial charge in [-0.15, -0.1) is 0 Å². The van der Waals surface area contributed by atoms with Gasteiger partial charge in [-0.2, -0.15) is 0 Å². The molecule has 2 saturated heterocycles. The first-order valence-corrected chi connectivity index (χ1v) is 7.38. The van der Waals surface area contributed by atoms with E-state index in [1.54, 1.807) is 0 Å². The zero-order valence-corrected chi connectivity index (χ0v) is 12.7. The van der Waals surface area contributed by atoms with Crippen molar-refractivity contribution in [2.24, 2.45) is 0 Å². The van der Waals surface area contributed by atoms with Crippen LogP contribution in [0.4, 0.5) is 0 Å². The van der Waals surface area contributed by atoms with Gasteiger partial charge in [0.25, 0.3) is 0 Å². The Balaban J connectivity index is 1.70. The van der Waals surface area contributed by atoms with Gasteiger partial charge in [0.05, 0.1) is 6.61 Å². The van der Waals surface area contributed by atoms with Gasteiger partial charge in [-0.25, -0.2) is 0 Å². The lowest BCUT2D eigenvalue weighted by Gasteiger charge is -2.24. The summed E-state index contributed by atoms with van der Waals surface area (Å²) in [4.78, 5) is 0. The molecule has 0 N–H and O–H groups in total. The van der Waals surface area contributed by atoms with Crippen LogP contribution in [0.1, 0.15) is 26.3 Å². The zero-order chi connectivity index (χ0) is 14.9.